The van der Waals surface area contributed by atoms with E-state index in [-0.39, 0.29) is 17.4 Å². The molecule has 0 spiro atoms. The van der Waals surface area contributed by atoms with Crippen molar-refractivity contribution in [1.29, 1.82) is 5.26 Å². The van der Waals surface area contributed by atoms with E-state index in [0.717, 1.165) is 49.7 Å². The van der Waals surface area contributed by atoms with Gasteiger partial charge in [-0.3, -0.25) is 0 Å². The second kappa shape index (κ2) is 6.76. The summed E-state index contributed by atoms with van der Waals surface area (Å²) in [6.07, 6.45) is 0. The second-order valence-electron chi connectivity index (χ2n) is 8.03. The first-order chi connectivity index (χ1) is 15.6. The molecular formula is C28H17NO3. The quantitative estimate of drug-likeness (QED) is 0.319. The van der Waals surface area contributed by atoms with Crippen LogP contribution < -0.4 is 4.74 Å². The summed E-state index contributed by atoms with van der Waals surface area (Å²) in [6, 6.07) is 28.3. The van der Waals surface area contributed by atoms with Crippen molar-refractivity contribution in [3.8, 4) is 29.1 Å². The van der Waals surface area contributed by atoms with Gasteiger partial charge in [0.15, 0.2) is 0 Å². The minimum atomic E-state index is -0.150. The van der Waals surface area contributed by atoms with Crippen molar-refractivity contribution in [1.82, 2.24) is 0 Å². The smallest absolute Gasteiger partial charge is 0.132 e. The van der Waals surface area contributed by atoms with Gasteiger partial charge in [-0.2, -0.15) is 5.26 Å². The Labute approximate surface area is 184 Å². The number of nitrogens with zero attached hydrogens (tertiary/aromatic N) is 1. The van der Waals surface area contributed by atoms with Crippen LogP contribution in [-0.2, 0) is 0 Å². The molecule has 152 valence electrons. The van der Waals surface area contributed by atoms with E-state index in [1.54, 1.807) is 24.3 Å². The zero-order valence-electron chi connectivity index (χ0n) is 16.9. The Morgan fingerprint density at radius 3 is 1.69 bits per heavy atom. The third-order valence-corrected chi connectivity index (χ3v) is 6.18. The highest BCUT2D eigenvalue weighted by Crippen LogP contribution is 2.52. The molecule has 32 heavy (non-hydrogen) atoms. The largest absolute Gasteiger partial charge is 0.508 e. The SMILES string of the molecule is N#Cc1ccc(C2c3c(ccc4cc(O)ccc34)Oc3ccc4cc(O)ccc4c32)cc1. The van der Waals surface area contributed by atoms with Crippen LogP contribution in [0.4, 0.5) is 0 Å². The molecule has 5 aromatic carbocycles. The van der Waals surface area contributed by atoms with Gasteiger partial charge >= 0.3 is 0 Å². The van der Waals surface area contributed by atoms with Crippen LogP contribution in [0.25, 0.3) is 21.5 Å². The summed E-state index contributed by atoms with van der Waals surface area (Å²) in [7, 11) is 0. The Bertz CT molecular complexity index is 1490. The molecule has 0 aliphatic carbocycles. The van der Waals surface area contributed by atoms with Gasteiger partial charge in [0, 0.05) is 17.0 Å². The Balaban J connectivity index is 1.72. The lowest BCUT2D eigenvalue weighted by Gasteiger charge is -2.31. The van der Waals surface area contributed by atoms with E-state index in [2.05, 4.69) is 6.07 Å². The molecule has 4 nitrogen and oxygen atoms in total. The second-order valence-corrected chi connectivity index (χ2v) is 8.03. The molecule has 0 saturated heterocycles. The standard InChI is InChI=1S/C28H17NO3/c29-15-16-1-3-17(4-2-16)26-27-22-9-7-20(30)13-18(22)5-11-24(27)32-25-12-6-19-14-21(31)8-10-23(19)28(25)26/h1-14,26,30-31H. The molecule has 0 saturated carbocycles. The minimum absolute atomic E-state index is 0.150. The molecule has 1 aliphatic rings. The van der Waals surface area contributed by atoms with Crippen LogP contribution in [0.5, 0.6) is 23.0 Å². The number of rotatable bonds is 1. The third kappa shape index (κ3) is 2.69. The van der Waals surface area contributed by atoms with Crippen molar-refractivity contribution in [2.75, 3.05) is 0 Å². The summed E-state index contributed by atoms with van der Waals surface area (Å²) >= 11 is 0. The molecule has 0 amide bonds. The fourth-order valence-electron chi connectivity index (χ4n) is 4.76. The first-order valence-electron chi connectivity index (χ1n) is 10.3. The van der Waals surface area contributed by atoms with E-state index in [1.165, 1.54) is 0 Å². The van der Waals surface area contributed by atoms with Crippen molar-refractivity contribution in [2.24, 2.45) is 0 Å². The van der Waals surface area contributed by atoms with Crippen molar-refractivity contribution in [2.45, 2.75) is 5.92 Å². The van der Waals surface area contributed by atoms with E-state index < -0.39 is 0 Å². The number of nitriles is 1. The summed E-state index contributed by atoms with van der Waals surface area (Å²) in [6.45, 7) is 0. The van der Waals surface area contributed by atoms with Crippen LogP contribution in [-0.4, -0.2) is 10.2 Å². The van der Waals surface area contributed by atoms with E-state index in [1.807, 2.05) is 60.7 Å². The first-order valence-corrected chi connectivity index (χ1v) is 10.3. The van der Waals surface area contributed by atoms with Gasteiger partial charge in [-0.15, -0.1) is 0 Å². The van der Waals surface area contributed by atoms with Crippen LogP contribution in [0.2, 0.25) is 0 Å². The Hall–Kier alpha value is -4.49. The topological polar surface area (TPSA) is 73.5 Å². The average molecular weight is 415 g/mol. The number of hydrogen-bond donors (Lipinski definition) is 2. The van der Waals surface area contributed by atoms with Gasteiger partial charge in [-0.25, -0.2) is 0 Å². The molecule has 0 unspecified atom stereocenters. The summed E-state index contributed by atoms with van der Waals surface area (Å²) < 4.78 is 6.37. The van der Waals surface area contributed by atoms with E-state index >= 15 is 0 Å². The van der Waals surface area contributed by atoms with Crippen molar-refractivity contribution < 1.29 is 14.9 Å². The molecule has 2 N–H and O–H groups in total. The monoisotopic (exact) mass is 415 g/mol. The Kier molecular flexibility index (Phi) is 3.87. The lowest BCUT2D eigenvalue weighted by atomic mass is 9.78. The highest BCUT2D eigenvalue weighted by Gasteiger charge is 2.32. The van der Waals surface area contributed by atoms with Gasteiger partial charge in [0.05, 0.1) is 11.6 Å². The van der Waals surface area contributed by atoms with Gasteiger partial charge in [-0.1, -0.05) is 36.4 Å². The molecule has 1 aliphatic heterocycles. The number of hydrogen-bond acceptors (Lipinski definition) is 4. The predicted molar refractivity (Wildman–Crippen MR) is 123 cm³/mol. The molecule has 0 atom stereocenters. The molecule has 4 heteroatoms. The number of phenolic OH excluding ortho intramolecular Hbond substituents is 2. The molecular weight excluding hydrogens is 398 g/mol. The molecule has 1 heterocycles. The molecule has 0 radical (unpaired) electrons. The van der Waals surface area contributed by atoms with Crippen molar-refractivity contribution in [3.05, 3.63) is 107 Å². The zero-order chi connectivity index (χ0) is 21.8. The average Bonchev–Trinajstić information content (AvgIpc) is 2.82. The van der Waals surface area contributed by atoms with Gasteiger partial charge in [0.1, 0.15) is 23.0 Å². The molecule has 0 bridgehead atoms. The number of phenols is 2. The predicted octanol–water partition coefficient (Wildman–Crippen LogP) is 6.56. The van der Waals surface area contributed by atoms with E-state index in [9.17, 15) is 15.5 Å². The van der Waals surface area contributed by atoms with Crippen LogP contribution in [0.3, 0.4) is 0 Å². The summed E-state index contributed by atoms with van der Waals surface area (Å²) in [4.78, 5) is 0. The first kappa shape index (κ1) is 18.3. The fourth-order valence-corrected chi connectivity index (χ4v) is 4.76. The lowest BCUT2D eigenvalue weighted by Crippen LogP contribution is -2.13. The maximum atomic E-state index is 10.0. The molecule has 0 aromatic heterocycles. The van der Waals surface area contributed by atoms with E-state index in [4.69, 9.17) is 4.74 Å². The van der Waals surface area contributed by atoms with Gasteiger partial charge in [0.25, 0.3) is 0 Å². The number of ether oxygens (including phenoxy) is 1. The molecule has 5 aromatic rings. The fraction of sp³-hybridized carbons (Fsp3) is 0.0357. The summed E-state index contributed by atoms with van der Waals surface area (Å²) in [5, 5.41) is 33.1. The highest BCUT2D eigenvalue weighted by atomic mass is 16.5. The Morgan fingerprint density at radius 2 is 1.19 bits per heavy atom. The van der Waals surface area contributed by atoms with Crippen molar-refractivity contribution in [3.63, 3.8) is 0 Å². The number of aromatic hydroxyl groups is 2. The van der Waals surface area contributed by atoms with Gasteiger partial charge < -0.3 is 14.9 Å². The van der Waals surface area contributed by atoms with Crippen LogP contribution in [0.15, 0.2) is 84.9 Å². The maximum Gasteiger partial charge on any atom is 0.132 e. The normalized spacial score (nSPS) is 12.7. The van der Waals surface area contributed by atoms with Crippen LogP contribution in [0, 0.1) is 11.3 Å². The molecule has 0 fully saturated rings. The molecule has 6 rings (SSSR count). The highest BCUT2D eigenvalue weighted by molar-refractivity contribution is 5.95. The lowest BCUT2D eigenvalue weighted by molar-refractivity contribution is 0.455. The van der Waals surface area contributed by atoms with Crippen molar-refractivity contribution >= 4 is 21.5 Å². The number of fused-ring (bicyclic) bond motifs is 6. The summed E-state index contributed by atoms with van der Waals surface area (Å²) in [5.41, 5.74) is 3.67. The Morgan fingerprint density at radius 1 is 0.656 bits per heavy atom. The van der Waals surface area contributed by atoms with Crippen LogP contribution in [0.1, 0.15) is 28.2 Å². The zero-order valence-corrected chi connectivity index (χ0v) is 16.9. The van der Waals surface area contributed by atoms with Gasteiger partial charge in [-0.05, 0) is 75.6 Å². The van der Waals surface area contributed by atoms with Crippen LogP contribution >= 0.6 is 0 Å². The maximum absolute atomic E-state index is 10.0. The van der Waals surface area contributed by atoms with E-state index in [0.29, 0.717) is 5.56 Å². The number of benzene rings is 5. The minimum Gasteiger partial charge on any atom is -0.508 e. The summed E-state index contributed by atoms with van der Waals surface area (Å²) in [5.74, 6) is 1.81. The van der Waals surface area contributed by atoms with Gasteiger partial charge in [0.2, 0.25) is 0 Å². The third-order valence-electron chi connectivity index (χ3n) is 6.18.